The molecule has 2 saturated heterocycles. The van der Waals surface area contributed by atoms with Crippen molar-refractivity contribution >= 4 is 6.21 Å². The first-order chi connectivity index (χ1) is 13.1. The number of nitrogens with zero attached hydrogens (tertiary/aromatic N) is 4. The standard InChI is InChI=1S/C22H41N5/c1-19-8-9-24-22(16-19)26-17-20(2)27(21(3)18-26)13-7-5-4-6-12-25-14-10-23-11-15-25/h9,16,19-21,23H,4-8,10-15,17-18H2,1-3H3. The van der Waals surface area contributed by atoms with Crippen LogP contribution < -0.4 is 5.32 Å². The molecule has 0 aromatic carbocycles. The Morgan fingerprint density at radius 2 is 1.63 bits per heavy atom. The molecule has 3 aliphatic heterocycles. The van der Waals surface area contributed by atoms with Crippen LogP contribution in [-0.2, 0) is 0 Å². The fourth-order valence-electron chi connectivity index (χ4n) is 4.77. The average Bonchev–Trinajstić information content (AvgIpc) is 2.67. The van der Waals surface area contributed by atoms with Crippen LogP contribution in [0.5, 0.6) is 0 Å². The van der Waals surface area contributed by atoms with Crippen LogP contribution >= 0.6 is 0 Å². The van der Waals surface area contributed by atoms with Gasteiger partial charge in [0.25, 0.3) is 0 Å². The third-order valence-electron chi connectivity index (χ3n) is 6.41. The molecule has 27 heavy (non-hydrogen) atoms. The molecule has 154 valence electrons. The molecule has 0 amide bonds. The Morgan fingerprint density at radius 1 is 0.963 bits per heavy atom. The van der Waals surface area contributed by atoms with E-state index in [4.69, 9.17) is 0 Å². The lowest BCUT2D eigenvalue weighted by atomic mass is 10.0. The summed E-state index contributed by atoms with van der Waals surface area (Å²) >= 11 is 0. The number of unbranched alkanes of at least 4 members (excludes halogenated alkanes) is 3. The highest BCUT2D eigenvalue weighted by molar-refractivity contribution is 5.61. The Labute approximate surface area is 166 Å². The molecular formula is C22H41N5. The van der Waals surface area contributed by atoms with Crippen molar-refractivity contribution < 1.29 is 0 Å². The Kier molecular flexibility index (Phi) is 8.16. The van der Waals surface area contributed by atoms with E-state index in [0.29, 0.717) is 18.0 Å². The summed E-state index contributed by atoms with van der Waals surface area (Å²) in [5.41, 5.74) is 0. The van der Waals surface area contributed by atoms with Crippen LogP contribution in [0.4, 0.5) is 0 Å². The van der Waals surface area contributed by atoms with E-state index in [1.807, 2.05) is 0 Å². The zero-order chi connectivity index (χ0) is 19.1. The monoisotopic (exact) mass is 375 g/mol. The van der Waals surface area contributed by atoms with Gasteiger partial charge in [-0.1, -0.05) is 19.8 Å². The third-order valence-corrected chi connectivity index (χ3v) is 6.41. The van der Waals surface area contributed by atoms with Gasteiger partial charge in [-0.05, 0) is 58.2 Å². The van der Waals surface area contributed by atoms with Crippen molar-refractivity contribution in [1.82, 2.24) is 20.0 Å². The molecule has 3 atom stereocenters. The van der Waals surface area contributed by atoms with E-state index in [-0.39, 0.29) is 0 Å². The van der Waals surface area contributed by atoms with Crippen LogP contribution in [0.1, 0.15) is 52.9 Å². The molecule has 0 aromatic rings. The highest BCUT2D eigenvalue weighted by Crippen LogP contribution is 2.23. The number of hydrogen-bond acceptors (Lipinski definition) is 5. The van der Waals surface area contributed by atoms with Gasteiger partial charge < -0.3 is 15.1 Å². The SMILES string of the molecule is CC1C=C(N2CC(C)N(CCCCCCN3CCNCC3)C(C)C2)N=CC1. The Bertz CT molecular complexity index is 485. The van der Waals surface area contributed by atoms with Crippen molar-refractivity contribution in [2.75, 3.05) is 52.4 Å². The zero-order valence-corrected chi connectivity index (χ0v) is 17.9. The molecule has 1 N–H and O–H groups in total. The van der Waals surface area contributed by atoms with Crippen molar-refractivity contribution in [1.29, 1.82) is 0 Å². The minimum Gasteiger partial charge on any atom is -0.354 e. The Hall–Kier alpha value is -0.910. The second-order valence-corrected chi connectivity index (χ2v) is 8.90. The van der Waals surface area contributed by atoms with Gasteiger partial charge in [-0.15, -0.1) is 0 Å². The van der Waals surface area contributed by atoms with E-state index in [0.717, 1.165) is 19.5 Å². The van der Waals surface area contributed by atoms with Crippen molar-refractivity contribution in [3.63, 3.8) is 0 Å². The summed E-state index contributed by atoms with van der Waals surface area (Å²) < 4.78 is 0. The quantitative estimate of drug-likeness (QED) is 0.662. The average molecular weight is 376 g/mol. The van der Waals surface area contributed by atoms with Gasteiger partial charge in [0.1, 0.15) is 5.82 Å². The topological polar surface area (TPSA) is 34.1 Å². The molecule has 0 aliphatic carbocycles. The number of rotatable bonds is 8. The van der Waals surface area contributed by atoms with E-state index < -0.39 is 0 Å². The van der Waals surface area contributed by atoms with Gasteiger partial charge in [-0.3, -0.25) is 4.90 Å². The Morgan fingerprint density at radius 3 is 2.30 bits per heavy atom. The minimum atomic E-state index is 0.614. The first-order valence-electron chi connectivity index (χ1n) is 11.3. The van der Waals surface area contributed by atoms with Crippen LogP contribution in [0.15, 0.2) is 16.9 Å². The van der Waals surface area contributed by atoms with Crippen molar-refractivity contribution in [2.45, 2.75) is 65.0 Å². The first kappa shape index (κ1) is 20.8. The minimum absolute atomic E-state index is 0.614. The summed E-state index contributed by atoms with van der Waals surface area (Å²) in [7, 11) is 0. The molecule has 2 fully saturated rings. The van der Waals surface area contributed by atoms with E-state index >= 15 is 0 Å². The summed E-state index contributed by atoms with van der Waals surface area (Å²) in [4.78, 5) is 12.5. The smallest absolute Gasteiger partial charge is 0.124 e. The number of nitrogens with one attached hydrogen (secondary N) is 1. The second kappa shape index (κ2) is 10.6. The van der Waals surface area contributed by atoms with Gasteiger partial charge in [0.05, 0.1) is 0 Å². The van der Waals surface area contributed by atoms with E-state index in [2.05, 4.69) is 58.1 Å². The number of piperazine rings is 2. The molecule has 0 bridgehead atoms. The van der Waals surface area contributed by atoms with Crippen LogP contribution in [0.25, 0.3) is 0 Å². The van der Waals surface area contributed by atoms with Crippen molar-refractivity contribution in [3.8, 4) is 0 Å². The normalized spacial score (nSPS) is 30.6. The predicted molar refractivity (Wildman–Crippen MR) is 115 cm³/mol. The van der Waals surface area contributed by atoms with Crippen LogP contribution in [0.3, 0.4) is 0 Å². The second-order valence-electron chi connectivity index (χ2n) is 8.90. The van der Waals surface area contributed by atoms with Crippen molar-refractivity contribution in [3.05, 3.63) is 11.9 Å². The molecular weight excluding hydrogens is 334 g/mol. The first-order valence-corrected chi connectivity index (χ1v) is 11.3. The van der Waals surface area contributed by atoms with E-state index in [1.165, 1.54) is 70.8 Å². The molecule has 3 aliphatic rings. The molecule has 3 rings (SSSR count). The van der Waals surface area contributed by atoms with E-state index in [9.17, 15) is 0 Å². The lowest BCUT2D eigenvalue weighted by Crippen LogP contribution is -2.56. The molecule has 5 nitrogen and oxygen atoms in total. The fourth-order valence-corrected chi connectivity index (χ4v) is 4.77. The largest absolute Gasteiger partial charge is 0.354 e. The zero-order valence-electron chi connectivity index (χ0n) is 17.9. The molecule has 5 heteroatoms. The van der Waals surface area contributed by atoms with Crippen LogP contribution in [-0.4, -0.2) is 85.4 Å². The predicted octanol–water partition coefficient (Wildman–Crippen LogP) is 2.80. The summed E-state index contributed by atoms with van der Waals surface area (Å²) in [6.45, 7) is 16.7. The molecule has 0 radical (unpaired) electrons. The highest BCUT2D eigenvalue weighted by Gasteiger charge is 2.30. The third kappa shape index (κ3) is 6.30. The summed E-state index contributed by atoms with van der Waals surface area (Å²) in [6.07, 6.45) is 11.0. The fraction of sp³-hybridized carbons (Fsp3) is 0.864. The summed E-state index contributed by atoms with van der Waals surface area (Å²) in [5.74, 6) is 1.84. The Balaban J connectivity index is 1.33. The molecule has 0 spiro atoms. The number of allylic oxidation sites excluding steroid dienone is 1. The van der Waals surface area contributed by atoms with Gasteiger partial charge in [0.15, 0.2) is 0 Å². The maximum Gasteiger partial charge on any atom is 0.124 e. The molecule has 0 aromatic heterocycles. The summed E-state index contributed by atoms with van der Waals surface area (Å²) in [5, 5.41) is 3.43. The lowest BCUT2D eigenvalue weighted by Gasteiger charge is -2.45. The molecule has 3 heterocycles. The van der Waals surface area contributed by atoms with Gasteiger partial charge in [0, 0.05) is 57.6 Å². The van der Waals surface area contributed by atoms with Gasteiger partial charge >= 0.3 is 0 Å². The maximum atomic E-state index is 4.67. The van der Waals surface area contributed by atoms with Crippen LogP contribution in [0, 0.1) is 5.92 Å². The maximum absolute atomic E-state index is 4.67. The molecule has 3 unspecified atom stereocenters. The highest BCUT2D eigenvalue weighted by atomic mass is 15.3. The van der Waals surface area contributed by atoms with Gasteiger partial charge in [-0.2, -0.15) is 0 Å². The van der Waals surface area contributed by atoms with Gasteiger partial charge in [-0.25, -0.2) is 4.99 Å². The van der Waals surface area contributed by atoms with Gasteiger partial charge in [0.2, 0.25) is 0 Å². The van der Waals surface area contributed by atoms with E-state index in [1.54, 1.807) is 0 Å². The molecule has 0 saturated carbocycles. The number of aliphatic imine (C=N–C) groups is 1. The number of hydrogen-bond donors (Lipinski definition) is 1. The summed E-state index contributed by atoms with van der Waals surface area (Å²) in [6, 6.07) is 1.23. The van der Waals surface area contributed by atoms with Crippen LogP contribution in [0.2, 0.25) is 0 Å². The van der Waals surface area contributed by atoms with Crippen molar-refractivity contribution in [2.24, 2.45) is 10.9 Å². The lowest BCUT2D eigenvalue weighted by molar-refractivity contribution is 0.0534.